The van der Waals surface area contributed by atoms with E-state index in [4.69, 9.17) is 20.8 Å². The molecule has 154 valence electrons. The Morgan fingerprint density at radius 3 is 2.60 bits per heavy atom. The van der Waals surface area contributed by atoms with Gasteiger partial charge < -0.3 is 9.15 Å². The normalized spacial score (nSPS) is 11.6. The lowest BCUT2D eigenvalue weighted by Crippen LogP contribution is -2.04. The van der Waals surface area contributed by atoms with E-state index in [-0.39, 0.29) is 24.1 Å². The van der Waals surface area contributed by atoms with Crippen molar-refractivity contribution in [3.63, 3.8) is 0 Å². The largest absolute Gasteiger partial charge is 0.484 e. The molecular weight excluding hydrogens is 491 g/mol. The molecule has 1 aromatic carbocycles. The number of hydrogen-bond acceptors (Lipinski definition) is 6. The highest BCUT2D eigenvalue weighted by Gasteiger charge is 2.30. The summed E-state index contributed by atoms with van der Waals surface area (Å²) in [6.07, 6.45) is -2.84. The minimum absolute atomic E-state index is 0.126. The Hall–Kier alpha value is -2.92. The molecule has 0 bridgehead atoms. The van der Waals surface area contributed by atoms with Gasteiger partial charge in [-0.15, -0.1) is 10.2 Å². The monoisotopic (exact) mass is 499 g/mol. The van der Waals surface area contributed by atoms with Gasteiger partial charge in [0.05, 0.1) is 10.6 Å². The highest BCUT2D eigenvalue weighted by atomic mass is 79.9. The fourth-order valence-corrected chi connectivity index (χ4v) is 3.08. The third kappa shape index (κ3) is 4.31. The van der Waals surface area contributed by atoms with Gasteiger partial charge in [0.2, 0.25) is 0 Å². The average Bonchev–Trinajstić information content (AvgIpc) is 3.33. The summed E-state index contributed by atoms with van der Waals surface area (Å²) in [5, 5.41) is 12.5. The van der Waals surface area contributed by atoms with Gasteiger partial charge in [-0.1, -0.05) is 11.6 Å². The predicted molar refractivity (Wildman–Crippen MR) is 103 cm³/mol. The molecular formula is C18H10BrClF3N5O2. The summed E-state index contributed by atoms with van der Waals surface area (Å²) in [4.78, 5) is 4.21. The number of halogens is 5. The van der Waals surface area contributed by atoms with Gasteiger partial charge in [0.15, 0.2) is 12.4 Å². The Balaban J connectivity index is 1.52. The number of pyridine rings is 1. The van der Waals surface area contributed by atoms with Crippen molar-refractivity contribution in [1.82, 2.24) is 25.0 Å². The first kappa shape index (κ1) is 20.4. The van der Waals surface area contributed by atoms with E-state index in [0.717, 1.165) is 12.1 Å². The van der Waals surface area contributed by atoms with Gasteiger partial charge >= 0.3 is 6.18 Å². The number of aromatic nitrogens is 5. The highest BCUT2D eigenvalue weighted by molar-refractivity contribution is 9.10. The molecule has 4 rings (SSSR count). The van der Waals surface area contributed by atoms with Crippen molar-refractivity contribution in [2.75, 3.05) is 0 Å². The molecule has 0 aliphatic rings. The quantitative estimate of drug-likeness (QED) is 0.368. The van der Waals surface area contributed by atoms with Crippen molar-refractivity contribution in [1.29, 1.82) is 0 Å². The summed E-state index contributed by atoms with van der Waals surface area (Å²) < 4.78 is 50.8. The number of nitrogens with zero attached hydrogens (tertiary/aromatic N) is 5. The van der Waals surface area contributed by atoms with E-state index in [0.29, 0.717) is 21.1 Å². The molecule has 3 aromatic heterocycles. The summed E-state index contributed by atoms with van der Waals surface area (Å²) in [7, 11) is 0. The Kier molecular flexibility index (Phi) is 5.48. The fraction of sp³-hybridized carbons (Fsp3) is 0.111. The number of benzene rings is 1. The lowest BCUT2D eigenvalue weighted by atomic mass is 10.2. The lowest BCUT2D eigenvalue weighted by molar-refractivity contribution is -0.137. The molecule has 0 saturated heterocycles. The van der Waals surface area contributed by atoms with E-state index in [9.17, 15) is 13.2 Å². The van der Waals surface area contributed by atoms with E-state index < -0.39 is 11.7 Å². The zero-order valence-electron chi connectivity index (χ0n) is 14.8. The first-order chi connectivity index (χ1) is 14.3. The van der Waals surface area contributed by atoms with Gasteiger partial charge in [0.1, 0.15) is 16.0 Å². The summed E-state index contributed by atoms with van der Waals surface area (Å²) in [5.41, 5.74) is -0.322. The first-order valence-corrected chi connectivity index (χ1v) is 9.47. The highest BCUT2D eigenvalue weighted by Crippen LogP contribution is 2.31. The lowest BCUT2D eigenvalue weighted by Gasteiger charge is -2.08. The molecule has 7 nitrogen and oxygen atoms in total. The van der Waals surface area contributed by atoms with Crippen LogP contribution in [0.4, 0.5) is 13.2 Å². The van der Waals surface area contributed by atoms with Crippen LogP contribution in [0.3, 0.4) is 0 Å². The van der Waals surface area contributed by atoms with Crippen LogP contribution in [0.1, 0.15) is 11.5 Å². The molecule has 0 spiro atoms. The van der Waals surface area contributed by atoms with Crippen molar-refractivity contribution >= 4 is 27.5 Å². The molecule has 3 heterocycles. The molecule has 0 unspecified atom stereocenters. The molecule has 0 amide bonds. The van der Waals surface area contributed by atoms with E-state index in [1.807, 2.05) is 0 Å². The third-order valence-corrected chi connectivity index (χ3v) is 4.53. The van der Waals surface area contributed by atoms with E-state index in [1.165, 1.54) is 16.8 Å². The van der Waals surface area contributed by atoms with Crippen LogP contribution in [-0.4, -0.2) is 25.0 Å². The second-order valence-electron chi connectivity index (χ2n) is 5.88. The second-order valence-corrected chi connectivity index (χ2v) is 7.10. The predicted octanol–water partition coefficient (Wildman–Crippen LogP) is 5.33. The Morgan fingerprint density at radius 1 is 1.13 bits per heavy atom. The maximum atomic E-state index is 12.6. The van der Waals surface area contributed by atoms with Gasteiger partial charge in [0.25, 0.3) is 11.8 Å². The minimum Gasteiger partial charge on any atom is -0.484 e. The molecule has 0 aliphatic carbocycles. The Labute approximate surface area is 180 Å². The molecule has 0 fully saturated rings. The molecule has 0 atom stereocenters. The van der Waals surface area contributed by atoms with Gasteiger partial charge in [-0.3, -0.25) is 0 Å². The Morgan fingerprint density at radius 2 is 1.90 bits per heavy atom. The number of rotatable bonds is 5. The molecule has 12 heteroatoms. The van der Waals surface area contributed by atoms with Crippen LogP contribution in [0.2, 0.25) is 5.02 Å². The standard InChI is InChI=1S/C18H10BrClF3N5O2/c19-14-8-13(28(27-14)16-12(20)2-1-7-24-16)17-26-25-15(30-17)9-29-11-5-3-10(4-6-11)18(21,22)23/h1-8H,9H2. The maximum absolute atomic E-state index is 12.6. The summed E-state index contributed by atoms with van der Waals surface area (Å²) in [6.45, 7) is -0.127. The maximum Gasteiger partial charge on any atom is 0.416 e. The third-order valence-electron chi connectivity index (χ3n) is 3.85. The minimum atomic E-state index is -4.41. The van der Waals surface area contributed by atoms with Crippen molar-refractivity contribution in [3.05, 3.63) is 69.7 Å². The van der Waals surface area contributed by atoms with Crippen LogP contribution >= 0.6 is 27.5 Å². The van der Waals surface area contributed by atoms with Crippen LogP contribution in [0.15, 0.2) is 57.7 Å². The van der Waals surface area contributed by atoms with Gasteiger partial charge in [0, 0.05) is 12.3 Å². The van der Waals surface area contributed by atoms with Crippen LogP contribution < -0.4 is 4.74 Å². The SMILES string of the molecule is FC(F)(F)c1ccc(OCc2nnc(-c3cc(Br)nn3-c3ncccc3Cl)o2)cc1. The molecule has 4 aromatic rings. The Bertz CT molecular complexity index is 1180. The summed E-state index contributed by atoms with van der Waals surface area (Å²) in [6, 6.07) is 9.31. The van der Waals surface area contributed by atoms with E-state index in [2.05, 4.69) is 36.2 Å². The molecule has 0 saturated carbocycles. The molecule has 0 radical (unpaired) electrons. The van der Waals surface area contributed by atoms with Crippen molar-refractivity contribution in [3.8, 4) is 23.2 Å². The first-order valence-electron chi connectivity index (χ1n) is 8.30. The summed E-state index contributed by atoms with van der Waals surface area (Å²) in [5.74, 6) is 0.873. The molecule has 0 N–H and O–H groups in total. The van der Waals surface area contributed by atoms with Gasteiger partial charge in [-0.2, -0.15) is 18.3 Å². The van der Waals surface area contributed by atoms with Crippen LogP contribution in [0.5, 0.6) is 5.75 Å². The number of hydrogen-bond donors (Lipinski definition) is 0. The molecule has 30 heavy (non-hydrogen) atoms. The van der Waals surface area contributed by atoms with Crippen LogP contribution in [0.25, 0.3) is 17.4 Å². The van der Waals surface area contributed by atoms with Crippen molar-refractivity contribution in [2.45, 2.75) is 12.8 Å². The zero-order valence-corrected chi connectivity index (χ0v) is 17.1. The topological polar surface area (TPSA) is 78.9 Å². The number of ether oxygens (including phenoxy) is 1. The van der Waals surface area contributed by atoms with Gasteiger partial charge in [-0.05, 0) is 52.3 Å². The number of alkyl halides is 3. The molecule has 0 aliphatic heterocycles. The van der Waals surface area contributed by atoms with Crippen LogP contribution in [0, 0.1) is 0 Å². The smallest absolute Gasteiger partial charge is 0.416 e. The van der Waals surface area contributed by atoms with E-state index in [1.54, 1.807) is 24.4 Å². The fourth-order valence-electron chi connectivity index (χ4n) is 2.50. The van der Waals surface area contributed by atoms with E-state index >= 15 is 0 Å². The average molecular weight is 501 g/mol. The zero-order chi connectivity index (χ0) is 21.3. The van der Waals surface area contributed by atoms with Crippen molar-refractivity contribution in [2.24, 2.45) is 0 Å². The van der Waals surface area contributed by atoms with Crippen LogP contribution in [-0.2, 0) is 12.8 Å². The second kappa shape index (κ2) is 8.07. The van der Waals surface area contributed by atoms with Crippen molar-refractivity contribution < 1.29 is 22.3 Å². The summed E-state index contributed by atoms with van der Waals surface area (Å²) >= 11 is 9.49. The van der Waals surface area contributed by atoms with Gasteiger partial charge in [-0.25, -0.2) is 9.67 Å².